The van der Waals surface area contributed by atoms with Gasteiger partial charge in [0.25, 0.3) is 5.91 Å². The van der Waals surface area contributed by atoms with Crippen LogP contribution < -0.4 is 10.6 Å². The van der Waals surface area contributed by atoms with Gasteiger partial charge in [-0.2, -0.15) is 0 Å². The van der Waals surface area contributed by atoms with Gasteiger partial charge >= 0.3 is 6.03 Å². The first kappa shape index (κ1) is 8.50. The first-order valence-corrected chi connectivity index (χ1v) is 4.47. The van der Waals surface area contributed by atoms with Crippen molar-refractivity contribution < 1.29 is 9.59 Å². The molecule has 1 spiro atoms. The van der Waals surface area contributed by atoms with Gasteiger partial charge in [-0.05, 0) is 19.4 Å². The van der Waals surface area contributed by atoms with Crippen LogP contribution in [0.25, 0.3) is 0 Å². The van der Waals surface area contributed by atoms with Crippen molar-refractivity contribution >= 4 is 11.9 Å². The van der Waals surface area contributed by atoms with Crippen LogP contribution in [-0.2, 0) is 4.79 Å². The highest BCUT2D eigenvalue weighted by molar-refractivity contribution is 6.07. The molecule has 5 heteroatoms. The van der Waals surface area contributed by atoms with Gasteiger partial charge in [0.1, 0.15) is 5.54 Å². The number of piperidine rings is 1. The Bertz CT molecular complexity index is 258. The number of hydrogen-bond acceptors (Lipinski definition) is 3. The van der Waals surface area contributed by atoms with E-state index in [0.717, 1.165) is 24.3 Å². The predicted octanol–water partition coefficient (Wildman–Crippen LogP) is -0.710. The maximum atomic E-state index is 11.7. The third-order valence-electron chi connectivity index (χ3n) is 2.75. The summed E-state index contributed by atoms with van der Waals surface area (Å²) in [6.07, 6.45) is 1.68. The lowest BCUT2D eigenvalue weighted by Crippen LogP contribution is -2.57. The number of carbonyl (C=O) groups excluding carboxylic acids is 2. The Balaban J connectivity index is 2.23. The molecule has 2 fully saturated rings. The van der Waals surface area contributed by atoms with E-state index in [9.17, 15) is 9.59 Å². The minimum atomic E-state index is -0.649. The van der Waals surface area contributed by atoms with Gasteiger partial charge in [-0.25, -0.2) is 4.79 Å². The molecule has 2 saturated heterocycles. The Kier molecular flexibility index (Phi) is 1.76. The Hall–Kier alpha value is -1.10. The van der Waals surface area contributed by atoms with E-state index in [4.69, 9.17) is 0 Å². The van der Waals surface area contributed by atoms with Gasteiger partial charge in [0.15, 0.2) is 0 Å². The van der Waals surface area contributed by atoms with E-state index in [1.54, 1.807) is 0 Å². The van der Waals surface area contributed by atoms with Crippen LogP contribution in [0.15, 0.2) is 0 Å². The Morgan fingerprint density at radius 2 is 2.23 bits per heavy atom. The minimum absolute atomic E-state index is 0.107. The fourth-order valence-corrected chi connectivity index (χ4v) is 1.95. The van der Waals surface area contributed by atoms with E-state index in [2.05, 4.69) is 10.6 Å². The van der Waals surface area contributed by atoms with E-state index in [-0.39, 0.29) is 11.9 Å². The highest BCUT2D eigenvalue weighted by Gasteiger charge is 2.49. The molecule has 2 heterocycles. The maximum absolute atomic E-state index is 11.7. The van der Waals surface area contributed by atoms with E-state index >= 15 is 0 Å². The molecular formula is C8H13N3O2. The maximum Gasteiger partial charge on any atom is 0.324 e. The van der Waals surface area contributed by atoms with Crippen molar-refractivity contribution in [1.29, 1.82) is 0 Å². The molecular weight excluding hydrogens is 170 g/mol. The van der Waals surface area contributed by atoms with Crippen LogP contribution in [0.2, 0.25) is 0 Å². The number of hydrogen-bond donors (Lipinski definition) is 2. The van der Waals surface area contributed by atoms with Gasteiger partial charge in [-0.1, -0.05) is 0 Å². The molecule has 0 bridgehead atoms. The number of likely N-dealkylation sites (N-methyl/N-ethyl adjacent to an activating group) is 1. The summed E-state index contributed by atoms with van der Waals surface area (Å²) in [4.78, 5) is 24.1. The normalized spacial score (nSPS) is 34.1. The molecule has 0 aromatic heterocycles. The molecule has 72 valence electrons. The molecule has 2 aliphatic rings. The van der Waals surface area contributed by atoms with Gasteiger partial charge in [0.2, 0.25) is 0 Å². The number of nitrogens with one attached hydrogen (secondary N) is 2. The summed E-state index contributed by atoms with van der Waals surface area (Å²) in [5.41, 5.74) is -0.649. The summed E-state index contributed by atoms with van der Waals surface area (Å²) in [6, 6.07) is -0.284. The van der Waals surface area contributed by atoms with Gasteiger partial charge < -0.3 is 10.6 Å². The highest BCUT2D eigenvalue weighted by Crippen LogP contribution is 2.23. The third kappa shape index (κ3) is 1.11. The molecule has 5 nitrogen and oxygen atoms in total. The molecule has 0 saturated carbocycles. The van der Waals surface area contributed by atoms with Gasteiger partial charge in [-0.15, -0.1) is 0 Å². The zero-order valence-electron chi connectivity index (χ0n) is 7.59. The largest absolute Gasteiger partial charge is 0.324 e. The van der Waals surface area contributed by atoms with Crippen LogP contribution >= 0.6 is 0 Å². The number of amides is 3. The van der Waals surface area contributed by atoms with Crippen LogP contribution in [0.3, 0.4) is 0 Å². The molecule has 0 aliphatic carbocycles. The topological polar surface area (TPSA) is 61.4 Å². The third-order valence-corrected chi connectivity index (χ3v) is 2.75. The number of carbonyl (C=O) groups is 2. The Morgan fingerprint density at radius 1 is 1.46 bits per heavy atom. The number of imide groups is 1. The second kappa shape index (κ2) is 2.70. The lowest BCUT2D eigenvalue weighted by molar-refractivity contribution is -0.130. The quantitative estimate of drug-likeness (QED) is 0.488. The predicted molar refractivity (Wildman–Crippen MR) is 46.1 cm³/mol. The monoisotopic (exact) mass is 183 g/mol. The van der Waals surface area contributed by atoms with E-state index in [1.807, 2.05) is 0 Å². The summed E-state index contributed by atoms with van der Waals surface area (Å²) >= 11 is 0. The molecule has 2 N–H and O–H groups in total. The van der Waals surface area contributed by atoms with Crippen LogP contribution in [-0.4, -0.2) is 42.5 Å². The molecule has 13 heavy (non-hydrogen) atoms. The molecule has 3 amide bonds. The first-order valence-electron chi connectivity index (χ1n) is 4.47. The van der Waals surface area contributed by atoms with Crippen molar-refractivity contribution in [1.82, 2.24) is 15.5 Å². The fraction of sp³-hybridized carbons (Fsp3) is 0.750. The molecule has 2 rings (SSSR count). The molecule has 1 unspecified atom stereocenters. The average molecular weight is 183 g/mol. The van der Waals surface area contributed by atoms with Crippen LogP contribution in [0.4, 0.5) is 4.79 Å². The summed E-state index contributed by atoms with van der Waals surface area (Å²) in [7, 11) is 1.51. The van der Waals surface area contributed by atoms with Crippen molar-refractivity contribution in [2.24, 2.45) is 0 Å². The van der Waals surface area contributed by atoms with Crippen molar-refractivity contribution in [2.45, 2.75) is 18.4 Å². The molecule has 0 aromatic rings. The van der Waals surface area contributed by atoms with E-state index in [0.29, 0.717) is 6.54 Å². The lowest BCUT2D eigenvalue weighted by atomic mass is 9.90. The van der Waals surface area contributed by atoms with Crippen LogP contribution in [0.1, 0.15) is 12.8 Å². The summed E-state index contributed by atoms with van der Waals surface area (Å²) < 4.78 is 0. The Morgan fingerprint density at radius 3 is 2.69 bits per heavy atom. The van der Waals surface area contributed by atoms with Gasteiger partial charge in [0, 0.05) is 13.6 Å². The fourth-order valence-electron chi connectivity index (χ4n) is 1.95. The van der Waals surface area contributed by atoms with Crippen LogP contribution in [0.5, 0.6) is 0 Å². The second-order valence-electron chi connectivity index (χ2n) is 3.66. The Labute approximate surface area is 76.5 Å². The van der Waals surface area contributed by atoms with Crippen molar-refractivity contribution in [3.8, 4) is 0 Å². The van der Waals surface area contributed by atoms with E-state index < -0.39 is 5.54 Å². The minimum Gasteiger partial charge on any atom is -0.322 e. The summed E-state index contributed by atoms with van der Waals surface area (Å²) in [5, 5.41) is 5.87. The zero-order valence-corrected chi connectivity index (χ0v) is 7.59. The molecule has 0 aromatic carbocycles. The molecule has 2 aliphatic heterocycles. The zero-order chi connectivity index (χ0) is 9.47. The van der Waals surface area contributed by atoms with Gasteiger partial charge in [0.05, 0.1) is 0 Å². The second-order valence-corrected chi connectivity index (χ2v) is 3.66. The lowest BCUT2D eigenvalue weighted by Gasteiger charge is -2.30. The van der Waals surface area contributed by atoms with Crippen molar-refractivity contribution in [3.05, 3.63) is 0 Å². The van der Waals surface area contributed by atoms with E-state index in [1.165, 1.54) is 7.05 Å². The first-order chi connectivity index (χ1) is 6.16. The smallest absolute Gasteiger partial charge is 0.322 e. The average Bonchev–Trinajstić information content (AvgIpc) is 2.33. The summed E-state index contributed by atoms with van der Waals surface area (Å²) in [6.45, 7) is 1.48. The SMILES string of the molecule is CN1C(=O)NC2(CCCNC2)C1=O. The molecule has 1 atom stereocenters. The van der Waals surface area contributed by atoms with Gasteiger partial charge in [-0.3, -0.25) is 9.69 Å². The molecule has 0 radical (unpaired) electrons. The summed E-state index contributed by atoms with van der Waals surface area (Å²) in [5.74, 6) is -0.107. The van der Waals surface area contributed by atoms with Crippen molar-refractivity contribution in [2.75, 3.05) is 20.1 Å². The highest BCUT2D eigenvalue weighted by atomic mass is 16.2. The van der Waals surface area contributed by atoms with Crippen LogP contribution in [0, 0.1) is 0 Å². The number of urea groups is 1. The van der Waals surface area contributed by atoms with Crippen molar-refractivity contribution in [3.63, 3.8) is 0 Å². The number of rotatable bonds is 0. The number of nitrogens with zero attached hydrogens (tertiary/aromatic N) is 1. The standard InChI is InChI=1S/C8H13N3O2/c1-11-6(12)8(10-7(11)13)3-2-4-9-5-8/h9H,2-5H2,1H3,(H,10,13).